The highest BCUT2D eigenvalue weighted by molar-refractivity contribution is 7.90. The van der Waals surface area contributed by atoms with Crippen molar-refractivity contribution in [3.8, 4) is 0 Å². The zero-order valence-corrected chi connectivity index (χ0v) is 8.05. The van der Waals surface area contributed by atoms with Gasteiger partial charge < -0.3 is 0 Å². The number of azide groups is 1. The molecule has 0 radical (unpaired) electrons. The van der Waals surface area contributed by atoms with Gasteiger partial charge in [-0.3, -0.25) is 0 Å². The van der Waals surface area contributed by atoms with E-state index in [2.05, 4.69) is 14.4 Å². The van der Waals surface area contributed by atoms with Gasteiger partial charge in [0.1, 0.15) is 0 Å². The van der Waals surface area contributed by atoms with Gasteiger partial charge in [0.2, 0.25) is 6.08 Å². The number of benzene rings is 1. The molecule has 0 bridgehead atoms. The minimum Gasteiger partial charge on any atom is -0.216 e. The van der Waals surface area contributed by atoms with Crippen LogP contribution in [0.15, 0.2) is 38.7 Å². The van der Waals surface area contributed by atoms with E-state index in [1.165, 1.54) is 30.3 Å². The summed E-state index contributed by atoms with van der Waals surface area (Å²) in [5.74, 6) is 0. The number of rotatable bonds is 3. The highest BCUT2D eigenvalue weighted by Gasteiger charge is 2.10. The summed E-state index contributed by atoms with van der Waals surface area (Å²) in [6.45, 7) is 0. The molecule has 1 aromatic carbocycles. The lowest BCUT2D eigenvalue weighted by Crippen LogP contribution is -1.93. The highest BCUT2D eigenvalue weighted by atomic mass is 32.2. The summed E-state index contributed by atoms with van der Waals surface area (Å²) >= 11 is 0. The van der Waals surface area contributed by atoms with Gasteiger partial charge in [-0.15, -0.1) is 0 Å². The Kier molecular flexibility index (Phi) is 3.20. The summed E-state index contributed by atoms with van der Waals surface area (Å²) < 4.78 is 25.0. The van der Waals surface area contributed by atoms with E-state index in [1.807, 2.05) is 0 Å². The molecule has 1 aromatic rings. The van der Waals surface area contributed by atoms with Crippen molar-refractivity contribution in [2.75, 3.05) is 0 Å². The maximum absolute atomic E-state index is 11.2. The minimum absolute atomic E-state index is 0.162. The van der Waals surface area contributed by atoms with Gasteiger partial charge in [0.05, 0.1) is 10.6 Å². The molecule has 0 aliphatic carbocycles. The third kappa shape index (κ3) is 2.65. The zero-order chi connectivity index (χ0) is 11.3. The Labute approximate surface area is 84.7 Å². The molecule has 0 atom stereocenters. The molecule has 15 heavy (non-hydrogen) atoms. The first-order chi connectivity index (χ1) is 7.10. The lowest BCUT2D eigenvalue weighted by Gasteiger charge is -1.96. The molecule has 0 saturated heterocycles. The SMILES string of the molecule is [N-]=[N+]=NS(=O)(=O)c1ccc(N=C=O)cc1. The van der Waals surface area contributed by atoms with Gasteiger partial charge in [0, 0.05) is 9.43 Å². The Balaban J connectivity index is 3.20. The fourth-order valence-corrected chi connectivity index (χ4v) is 1.51. The number of sulfonamides is 1. The van der Waals surface area contributed by atoms with Crippen LogP contribution in [-0.2, 0) is 14.8 Å². The van der Waals surface area contributed by atoms with Crippen LogP contribution in [0, 0.1) is 0 Å². The number of carbonyl (C=O) groups excluding carboxylic acids is 1. The average Bonchev–Trinajstić information content (AvgIpc) is 2.19. The van der Waals surface area contributed by atoms with Crippen molar-refractivity contribution in [1.29, 1.82) is 0 Å². The zero-order valence-electron chi connectivity index (χ0n) is 7.23. The Morgan fingerprint density at radius 3 is 2.33 bits per heavy atom. The van der Waals surface area contributed by atoms with Crippen LogP contribution in [0.5, 0.6) is 0 Å². The van der Waals surface area contributed by atoms with E-state index in [4.69, 9.17) is 5.53 Å². The van der Waals surface area contributed by atoms with Crippen LogP contribution in [-0.4, -0.2) is 14.5 Å². The van der Waals surface area contributed by atoms with E-state index in [0.717, 1.165) is 0 Å². The molecule has 0 fully saturated rings. The number of aliphatic imine (C=N–C) groups is 1. The summed E-state index contributed by atoms with van der Waals surface area (Å²) in [5, 5.41) is 0. The largest absolute Gasteiger partial charge is 0.264 e. The fourth-order valence-electron chi connectivity index (χ4n) is 0.841. The van der Waals surface area contributed by atoms with Crippen molar-refractivity contribution >= 4 is 21.8 Å². The fraction of sp³-hybridized carbons (Fsp3) is 0. The standard InChI is InChI=1S/C7H4N4O3S/c8-10-11-15(13,14)7-3-1-6(2-4-7)9-5-12/h1-4H. The molecule has 0 heterocycles. The van der Waals surface area contributed by atoms with Crippen molar-refractivity contribution in [3.05, 3.63) is 34.7 Å². The summed E-state index contributed by atoms with van der Waals surface area (Å²) in [6.07, 6.45) is 1.31. The molecule has 0 N–H and O–H groups in total. The quantitative estimate of drug-likeness (QED) is 0.255. The van der Waals surface area contributed by atoms with Crippen molar-refractivity contribution in [2.45, 2.75) is 4.90 Å². The second-order valence-electron chi connectivity index (χ2n) is 2.34. The normalized spacial score (nSPS) is 9.87. The first kappa shape index (κ1) is 10.9. The smallest absolute Gasteiger partial charge is 0.216 e. The van der Waals surface area contributed by atoms with Crippen LogP contribution < -0.4 is 0 Å². The first-order valence-electron chi connectivity index (χ1n) is 3.59. The lowest BCUT2D eigenvalue weighted by atomic mass is 10.3. The van der Waals surface area contributed by atoms with E-state index in [0.29, 0.717) is 0 Å². The summed E-state index contributed by atoms with van der Waals surface area (Å²) in [7, 11) is -3.97. The topological polar surface area (TPSA) is 112 Å². The molecular weight excluding hydrogens is 220 g/mol. The molecule has 7 nitrogen and oxygen atoms in total. The van der Waals surface area contributed by atoms with E-state index in [1.54, 1.807) is 0 Å². The molecule has 0 aliphatic heterocycles. The van der Waals surface area contributed by atoms with Gasteiger partial charge in [0.15, 0.2) is 0 Å². The van der Waals surface area contributed by atoms with E-state index >= 15 is 0 Å². The van der Waals surface area contributed by atoms with Crippen LogP contribution >= 0.6 is 0 Å². The third-order valence-electron chi connectivity index (χ3n) is 1.45. The van der Waals surface area contributed by atoms with Crippen molar-refractivity contribution in [1.82, 2.24) is 0 Å². The lowest BCUT2D eigenvalue weighted by molar-refractivity contribution is 0.565. The Morgan fingerprint density at radius 2 is 1.87 bits per heavy atom. The summed E-state index contributed by atoms with van der Waals surface area (Å²) in [5.41, 5.74) is 8.28. The third-order valence-corrected chi connectivity index (χ3v) is 2.61. The van der Waals surface area contributed by atoms with E-state index in [9.17, 15) is 13.2 Å². The van der Waals surface area contributed by atoms with Crippen molar-refractivity contribution in [3.63, 3.8) is 0 Å². The Morgan fingerprint density at radius 1 is 1.27 bits per heavy atom. The molecule has 0 aliphatic rings. The predicted molar refractivity (Wildman–Crippen MR) is 50.6 cm³/mol. The van der Waals surface area contributed by atoms with Crippen LogP contribution in [0.2, 0.25) is 0 Å². The van der Waals surface area contributed by atoms with Gasteiger partial charge in [-0.05, 0) is 29.8 Å². The highest BCUT2D eigenvalue weighted by Crippen LogP contribution is 2.17. The monoisotopic (exact) mass is 224 g/mol. The Hall–Kier alpha value is -2.14. The van der Waals surface area contributed by atoms with Crippen LogP contribution in [0.1, 0.15) is 0 Å². The Bertz CT molecular complexity index is 550. The number of hydrogen-bond donors (Lipinski definition) is 0. The first-order valence-corrected chi connectivity index (χ1v) is 5.03. The molecule has 0 saturated carbocycles. The van der Waals surface area contributed by atoms with Gasteiger partial charge >= 0.3 is 0 Å². The van der Waals surface area contributed by atoms with Gasteiger partial charge in [-0.2, -0.15) is 4.99 Å². The van der Waals surface area contributed by atoms with E-state index < -0.39 is 10.0 Å². The maximum atomic E-state index is 11.2. The van der Waals surface area contributed by atoms with Gasteiger partial charge in [-0.25, -0.2) is 13.2 Å². The second kappa shape index (κ2) is 4.39. The maximum Gasteiger partial charge on any atom is 0.264 e. The second-order valence-corrected chi connectivity index (χ2v) is 3.93. The number of hydrogen-bond acceptors (Lipinski definition) is 4. The molecule has 0 aromatic heterocycles. The summed E-state index contributed by atoms with van der Waals surface area (Å²) in [6, 6.07) is 4.95. The van der Waals surface area contributed by atoms with Gasteiger partial charge in [0.25, 0.3) is 10.0 Å². The average molecular weight is 224 g/mol. The van der Waals surface area contributed by atoms with Crippen molar-refractivity contribution in [2.24, 2.45) is 9.51 Å². The molecular formula is C7H4N4O3S. The number of isocyanates is 1. The van der Waals surface area contributed by atoms with E-state index in [-0.39, 0.29) is 10.6 Å². The molecule has 8 heteroatoms. The van der Waals surface area contributed by atoms with Crippen LogP contribution in [0.25, 0.3) is 10.4 Å². The predicted octanol–water partition coefficient (Wildman–Crippen LogP) is 1.65. The minimum atomic E-state index is -3.97. The molecule has 1 rings (SSSR count). The number of nitrogens with zero attached hydrogens (tertiary/aromatic N) is 4. The van der Waals surface area contributed by atoms with Gasteiger partial charge in [-0.1, -0.05) is 0 Å². The van der Waals surface area contributed by atoms with Crippen LogP contribution in [0.3, 0.4) is 0 Å². The summed E-state index contributed by atoms with van der Waals surface area (Å²) in [4.78, 5) is 15.2. The van der Waals surface area contributed by atoms with Crippen LogP contribution in [0.4, 0.5) is 5.69 Å². The molecule has 76 valence electrons. The van der Waals surface area contributed by atoms with Crippen molar-refractivity contribution < 1.29 is 13.2 Å². The molecule has 0 spiro atoms. The molecule has 0 amide bonds. The molecule has 0 unspecified atom stereocenters.